The molecule has 2 aromatic carbocycles. The number of ether oxygens (including phenoxy) is 1. The summed E-state index contributed by atoms with van der Waals surface area (Å²) in [5.41, 5.74) is 3.51. The lowest BCUT2D eigenvalue weighted by molar-refractivity contribution is -0.142. The number of carbonyl (C=O) groups is 2. The van der Waals surface area contributed by atoms with Crippen molar-refractivity contribution in [3.05, 3.63) is 58.6 Å². The van der Waals surface area contributed by atoms with Crippen molar-refractivity contribution >= 4 is 23.5 Å². The summed E-state index contributed by atoms with van der Waals surface area (Å²) in [6.07, 6.45) is 4.88. The standard InChI is InChI=1S/C25H26ClNO4/c26-21-8-7-18(24(29)30)14-19(21)16-3-5-17(6-4-16)20-15-25(20)9-11-27(12-10-25)23(28)22-2-1-13-31-22/h3-8,14,20,22H,1-2,9-13,15H2,(H,29,30)/t20-,22+/m0/s1. The number of nitrogens with zero attached hydrogens (tertiary/aromatic N) is 1. The molecule has 3 aliphatic rings. The number of likely N-dealkylation sites (tertiary alicyclic amines) is 1. The third-order valence-electron chi connectivity index (χ3n) is 7.30. The Balaban J connectivity index is 1.25. The van der Waals surface area contributed by atoms with Gasteiger partial charge in [-0.05, 0) is 72.8 Å². The summed E-state index contributed by atoms with van der Waals surface area (Å²) < 4.78 is 5.57. The molecule has 0 bridgehead atoms. The number of piperidine rings is 1. The van der Waals surface area contributed by atoms with Gasteiger partial charge in [-0.2, -0.15) is 0 Å². The lowest BCUT2D eigenvalue weighted by Gasteiger charge is -2.34. The fourth-order valence-electron chi connectivity index (χ4n) is 5.29. The molecule has 2 heterocycles. The van der Waals surface area contributed by atoms with Crippen LogP contribution < -0.4 is 0 Å². The van der Waals surface area contributed by atoms with Crippen LogP contribution in [0.1, 0.15) is 53.9 Å². The molecule has 0 aromatic heterocycles. The summed E-state index contributed by atoms with van der Waals surface area (Å²) in [6, 6.07) is 13.1. The van der Waals surface area contributed by atoms with Crippen LogP contribution in [0.25, 0.3) is 11.1 Å². The van der Waals surface area contributed by atoms with Crippen LogP contribution >= 0.6 is 11.6 Å². The van der Waals surface area contributed by atoms with E-state index in [-0.39, 0.29) is 17.6 Å². The van der Waals surface area contributed by atoms with E-state index >= 15 is 0 Å². The van der Waals surface area contributed by atoms with Crippen LogP contribution in [0.4, 0.5) is 0 Å². The first-order valence-electron chi connectivity index (χ1n) is 11.0. The lowest BCUT2D eigenvalue weighted by Crippen LogP contribution is -2.44. The van der Waals surface area contributed by atoms with E-state index < -0.39 is 5.97 Å². The largest absolute Gasteiger partial charge is 0.478 e. The Bertz CT molecular complexity index is 1000. The zero-order valence-corrected chi connectivity index (χ0v) is 18.1. The number of carboxylic acid groups (broad SMARTS) is 1. The van der Waals surface area contributed by atoms with Crippen molar-refractivity contribution in [1.29, 1.82) is 0 Å². The van der Waals surface area contributed by atoms with Gasteiger partial charge in [-0.3, -0.25) is 4.79 Å². The monoisotopic (exact) mass is 439 g/mol. The molecule has 2 aromatic rings. The third kappa shape index (κ3) is 3.85. The molecule has 3 fully saturated rings. The van der Waals surface area contributed by atoms with Gasteiger partial charge < -0.3 is 14.7 Å². The Labute approximate surface area is 187 Å². The molecular weight excluding hydrogens is 414 g/mol. The Kier molecular flexibility index (Phi) is 5.27. The van der Waals surface area contributed by atoms with Crippen LogP contribution in [0.3, 0.4) is 0 Å². The summed E-state index contributed by atoms with van der Waals surface area (Å²) in [5.74, 6) is -0.254. The Morgan fingerprint density at radius 1 is 1.10 bits per heavy atom. The van der Waals surface area contributed by atoms with Crippen molar-refractivity contribution in [1.82, 2.24) is 4.90 Å². The van der Waals surface area contributed by atoms with Crippen LogP contribution in [0, 0.1) is 5.41 Å². The van der Waals surface area contributed by atoms with Crippen molar-refractivity contribution in [2.24, 2.45) is 5.41 Å². The van der Waals surface area contributed by atoms with E-state index in [1.54, 1.807) is 12.1 Å². The number of benzene rings is 2. The molecule has 1 aliphatic carbocycles. The van der Waals surface area contributed by atoms with Crippen LogP contribution in [0.15, 0.2) is 42.5 Å². The second-order valence-electron chi connectivity index (χ2n) is 9.07. The van der Waals surface area contributed by atoms with Crippen molar-refractivity contribution in [2.45, 2.75) is 44.1 Å². The molecule has 1 spiro atoms. The maximum Gasteiger partial charge on any atom is 0.335 e. The van der Waals surface area contributed by atoms with E-state index in [9.17, 15) is 14.7 Å². The molecule has 2 saturated heterocycles. The zero-order chi connectivity index (χ0) is 21.6. The average Bonchev–Trinajstić information content (AvgIpc) is 3.21. The van der Waals surface area contributed by atoms with Gasteiger partial charge >= 0.3 is 5.97 Å². The first-order valence-corrected chi connectivity index (χ1v) is 11.4. The summed E-state index contributed by atoms with van der Waals surface area (Å²) in [4.78, 5) is 25.9. The van der Waals surface area contributed by atoms with Crippen molar-refractivity contribution in [3.8, 4) is 11.1 Å². The summed E-state index contributed by atoms with van der Waals surface area (Å²) in [7, 11) is 0. The number of hydrogen-bond donors (Lipinski definition) is 1. The van der Waals surface area contributed by atoms with E-state index in [0.29, 0.717) is 23.0 Å². The highest BCUT2D eigenvalue weighted by atomic mass is 35.5. The highest BCUT2D eigenvalue weighted by Crippen LogP contribution is 2.65. The molecule has 2 atom stereocenters. The van der Waals surface area contributed by atoms with Gasteiger partial charge in [0.15, 0.2) is 0 Å². The molecule has 2 aliphatic heterocycles. The molecule has 162 valence electrons. The summed E-state index contributed by atoms with van der Waals surface area (Å²) in [6.45, 7) is 2.35. The first kappa shape index (κ1) is 20.5. The number of rotatable bonds is 4. The van der Waals surface area contributed by atoms with Gasteiger partial charge in [-0.25, -0.2) is 4.79 Å². The minimum atomic E-state index is -0.959. The molecule has 1 N–H and O–H groups in total. The second kappa shape index (κ2) is 7.95. The van der Waals surface area contributed by atoms with E-state index in [2.05, 4.69) is 12.1 Å². The number of amides is 1. The van der Waals surface area contributed by atoms with Crippen LogP contribution in [0.5, 0.6) is 0 Å². The van der Waals surface area contributed by atoms with E-state index in [4.69, 9.17) is 16.3 Å². The predicted molar refractivity (Wildman–Crippen MR) is 118 cm³/mol. The van der Waals surface area contributed by atoms with Gasteiger partial charge in [0.25, 0.3) is 5.91 Å². The van der Waals surface area contributed by atoms with E-state index in [1.165, 1.54) is 18.1 Å². The molecule has 31 heavy (non-hydrogen) atoms. The fourth-order valence-corrected chi connectivity index (χ4v) is 5.52. The Hall–Kier alpha value is -2.37. The fraction of sp³-hybridized carbons (Fsp3) is 0.440. The Morgan fingerprint density at radius 2 is 1.84 bits per heavy atom. The van der Waals surface area contributed by atoms with Crippen LogP contribution in [0.2, 0.25) is 5.02 Å². The molecule has 5 nitrogen and oxygen atoms in total. The SMILES string of the molecule is O=C(O)c1ccc(Cl)c(-c2ccc([C@@H]3CC34CCN(C(=O)[C@H]3CCCO3)CC4)cc2)c1. The minimum Gasteiger partial charge on any atom is -0.478 e. The number of halogens is 1. The van der Waals surface area contributed by atoms with Gasteiger partial charge in [-0.1, -0.05) is 35.9 Å². The molecule has 6 heteroatoms. The van der Waals surface area contributed by atoms with Crippen LogP contribution in [-0.4, -0.2) is 47.7 Å². The lowest BCUT2D eigenvalue weighted by atomic mass is 9.88. The molecule has 0 radical (unpaired) electrons. The molecule has 1 saturated carbocycles. The van der Waals surface area contributed by atoms with E-state index in [0.717, 1.165) is 49.9 Å². The quantitative estimate of drug-likeness (QED) is 0.729. The first-order chi connectivity index (χ1) is 15.0. The highest BCUT2D eigenvalue weighted by molar-refractivity contribution is 6.33. The molecule has 0 unspecified atom stereocenters. The normalized spacial score (nSPS) is 24.4. The van der Waals surface area contributed by atoms with Crippen molar-refractivity contribution in [2.75, 3.05) is 19.7 Å². The maximum absolute atomic E-state index is 12.6. The minimum absolute atomic E-state index is 0.175. The predicted octanol–water partition coefficient (Wildman–Crippen LogP) is 4.98. The summed E-state index contributed by atoms with van der Waals surface area (Å²) >= 11 is 6.32. The van der Waals surface area contributed by atoms with Gasteiger partial charge in [0, 0.05) is 30.3 Å². The third-order valence-corrected chi connectivity index (χ3v) is 7.63. The van der Waals surface area contributed by atoms with Gasteiger partial charge in [0.2, 0.25) is 0 Å². The Morgan fingerprint density at radius 3 is 2.48 bits per heavy atom. The van der Waals surface area contributed by atoms with E-state index in [1.807, 2.05) is 17.0 Å². The molecule has 1 amide bonds. The van der Waals surface area contributed by atoms with Crippen molar-refractivity contribution < 1.29 is 19.4 Å². The summed E-state index contributed by atoms with van der Waals surface area (Å²) in [5, 5.41) is 9.80. The second-order valence-corrected chi connectivity index (χ2v) is 9.48. The molecular formula is C25H26ClNO4. The number of carbonyl (C=O) groups excluding carboxylic acids is 1. The van der Waals surface area contributed by atoms with Gasteiger partial charge in [-0.15, -0.1) is 0 Å². The van der Waals surface area contributed by atoms with Crippen molar-refractivity contribution in [3.63, 3.8) is 0 Å². The number of hydrogen-bond acceptors (Lipinski definition) is 3. The maximum atomic E-state index is 12.6. The number of aromatic carboxylic acids is 1. The average molecular weight is 440 g/mol. The zero-order valence-electron chi connectivity index (χ0n) is 17.4. The molecule has 5 rings (SSSR count). The van der Waals surface area contributed by atoms with Gasteiger partial charge in [0.05, 0.1) is 5.56 Å². The number of carboxylic acids is 1. The van der Waals surface area contributed by atoms with Crippen LogP contribution in [-0.2, 0) is 9.53 Å². The smallest absolute Gasteiger partial charge is 0.335 e. The van der Waals surface area contributed by atoms with Gasteiger partial charge in [0.1, 0.15) is 6.10 Å². The topological polar surface area (TPSA) is 66.8 Å². The highest BCUT2D eigenvalue weighted by Gasteiger charge is 2.55.